The van der Waals surface area contributed by atoms with Gasteiger partial charge in [-0.05, 0) is 62.4 Å². The Bertz CT molecular complexity index is 1190. The summed E-state index contributed by atoms with van der Waals surface area (Å²) in [5.74, 6) is 0.909. The van der Waals surface area contributed by atoms with E-state index in [1.807, 2.05) is 42.8 Å². The molecule has 4 rings (SSSR count). The highest BCUT2D eigenvalue weighted by Crippen LogP contribution is 2.38. The second-order valence-electron chi connectivity index (χ2n) is 7.86. The SMILES string of the molecule is COC(=O)c1c(NC(=O)CSc2nnc(C(C)Oc3ccc(Br)cc3)n2C)sc2c1CCCC2. The average molecular weight is 566 g/mol. The molecular weight excluding hydrogens is 540 g/mol. The summed E-state index contributed by atoms with van der Waals surface area (Å²) in [6, 6.07) is 7.58. The Labute approximate surface area is 214 Å². The van der Waals surface area contributed by atoms with Crippen molar-refractivity contribution in [3.63, 3.8) is 0 Å². The number of nitrogens with one attached hydrogen (secondary N) is 1. The maximum atomic E-state index is 12.7. The van der Waals surface area contributed by atoms with Crippen LogP contribution >= 0.6 is 39.0 Å². The van der Waals surface area contributed by atoms with Crippen LogP contribution in [0.2, 0.25) is 0 Å². The number of anilines is 1. The van der Waals surface area contributed by atoms with Gasteiger partial charge in [-0.15, -0.1) is 21.5 Å². The number of ether oxygens (including phenoxy) is 2. The Morgan fingerprint density at radius 1 is 1.24 bits per heavy atom. The van der Waals surface area contributed by atoms with Gasteiger partial charge in [-0.3, -0.25) is 4.79 Å². The van der Waals surface area contributed by atoms with Gasteiger partial charge in [-0.1, -0.05) is 27.7 Å². The number of nitrogens with zero attached hydrogens (tertiary/aromatic N) is 3. The predicted octanol–water partition coefficient (Wildman–Crippen LogP) is 5.18. The number of thioether (sulfide) groups is 1. The van der Waals surface area contributed by atoms with Crippen LogP contribution in [0.15, 0.2) is 33.9 Å². The molecule has 0 radical (unpaired) electrons. The van der Waals surface area contributed by atoms with Crippen molar-refractivity contribution in [2.24, 2.45) is 7.05 Å². The molecule has 11 heteroatoms. The second-order valence-corrected chi connectivity index (χ2v) is 10.8. The van der Waals surface area contributed by atoms with E-state index in [1.54, 1.807) is 0 Å². The minimum absolute atomic E-state index is 0.136. The molecule has 1 aliphatic carbocycles. The van der Waals surface area contributed by atoms with Gasteiger partial charge in [0.15, 0.2) is 17.1 Å². The maximum Gasteiger partial charge on any atom is 0.341 e. The molecule has 2 aromatic heterocycles. The fourth-order valence-corrected chi connectivity index (χ4v) is 6.12. The summed E-state index contributed by atoms with van der Waals surface area (Å²) in [5, 5.41) is 12.6. The molecule has 1 aliphatic rings. The molecule has 180 valence electrons. The Morgan fingerprint density at radius 2 is 1.97 bits per heavy atom. The second kappa shape index (κ2) is 10.9. The van der Waals surface area contributed by atoms with E-state index < -0.39 is 5.97 Å². The zero-order valence-electron chi connectivity index (χ0n) is 19.1. The van der Waals surface area contributed by atoms with E-state index in [0.29, 0.717) is 21.5 Å². The summed E-state index contributed by atoms with van der Waals surface area (Å²) in [6.07, 6.45) is 3.58. The Hall–Kier alpha value is -2.37. The Balaban J connectivity index is 1.39. The topological polar surface area (TPSA) is 95.3 Å². The van der Waals surface area contributed by atoms with Crippen molar-refractivity contribution < 1.29 is 19.1 Å². The van der Waals surface area contributed by atoms with Crippen molar-refractivity contribution in [2.45, 2.75) is 43.9 Å². The minimum Gasteiger partial charge on any atom is -0.483 e. The van der Waals surface area contributed by atoms with Gasteiger partial charge in [-0.25, -0.2) is 4.79 Å². The van der Waals surface area contributed by atoms with Gasteiger partial charge in [0.05, 0.1) is 18.4 Å². The molecule has 1 unspecified atom stereocenters. The van der Waals surface area contributed by atoms with Crippen LogP contribution in [-0.4, -0.2) is 39.5 Å². The van der Waals surface area contributed by atoms with Crippen LogP contribution in [0.3, 0.4) is 0 Å². The number of halogens is 1. The number of hydrogen-bond acceptors (Lipinski definition) is 8. The third kappa shape index (κ3) is 5.47. The smallest absolute Gasteiger partial charge is 0.341 e. The first kappa shape index (κ1) is 24.7. The Kier molecular flexibility index (Phi) is 7.95. The lowest BCUT2D eigenvalue weighted by atomic mass is 9.95. The van der Waals surface area contributed by atoms with Gasteiger partial charge in [-0.2, -0.15) is 0 Å². The van der Waals surface area contributed by atoms with E-state index in [-0.39, 0.29) is 17.8 Å². The molecule has 0 aliphatic heterocycles. The van der Waals surface area contributed by atoms with Crippen LogP contribution in [0.1, 0.15) is 52.5 Å². The third-order valence-corrected chi connectivity index (χ3v) is 8.26. The molecule has 3 aromatic rings. The van der Waals surface area contributed by atoms with Crippen molar-refractivity contribution in [1.29, 1.82) is 0 Å². The van der Waals surface area contributed by atoms with Crippen LogP contribution in [0.25, 0.3) is 0 Å². The summed E-state index contributed by atoms with van der Waals surface area (Å²) < 4.78 is 13.7. The highest BCUT2D eigenvalue weighted by Gasteiger charge is 2.27. The van der Waals surface area contributed by atoms with Crippen LogP contribution in [0, 0.1) is 0 Å². The first-order valence-corrected chi connectivity index (χ1v) is 13.4. The molecule has 1 aromatic carbocycles. The van der Waals surface area contributed by atoms with Crippen molar-refractivity contribution in [3.8, 4) is 5.75 Å². The van der Waals surface area contributed by atoms with Crippen LogP contribution in [0.4, 0.5) is 5.00 Å². The lowest BCUT2D eigenvalue weighted by Crippen LogP contribution is -2.17. The number of aromatic nitrogens is 3. The highest BCUT2D eigenvalue weighted by atomic mass is 79.9. The summed E-state index contributed by atoms with van der Waals surface area (Å²) >= 11 is 6.16. The largest absolute Gasteiger partial charge is 0.483 e. The van der Waals surface area contributed by atoms with Gasteiger partial charge in [0.25, 0.3) is 0 Å². The van der Waals surface area contributed by atoms with Gasteiger partial charge in [0.2, 0.25) is 5.91 Å². The molecule has 34 heavy (non-hydrogen) atoms. The van der Waals surface area contributed by atoms with Crippen LogP contribution in [-0.2, 0) is 29.4 Å². The van der Waals surface area contributed by atoms with E-state index in [9.17, 15) is 9.59 Å². The molecule has 1 N–H and O–H groups in total. The monoisotopic (exact) mass is 564 g/mol. The number of fused-ring (bicyclic) bond motifs is 1. The lowest BCUT2D eigenvalue weighted by Gasteiger charge is -2.14. The number of amides is 1. The number of rotatable bonds is 8. The molecule has 1 atom stereocenters. The number of hydrogen-bond donors (Lipinski definition) is 1. The molecule has 1 amide bonds. The third-order valence-electron chi connectivity index (χ3n) is 5.50. The quantitative estimate of drug-likeness (QED) is 0.297. The van der Waals surface area contributed by atoms with Gasteiger partial charge in [0.1, 0.15) is 10.8 Å². The van der Waals surface area contributed by atoms with Crippen molar-refractivity contribution >= 4 is 55.9 Å². The fourth-order valence-electron chi connectivity index (χ4n) is 3.84. The molecule has 0 saturated heterocycles. The summed E-state index contributed by atoms with van der Waals surface area (Å²) in [7, 11) is 3.21. The maximum absolute atomic E-state index is 12.7. The van der Waals surface area contributed by atoms with E-state index >= 15 is 0 Å². The molecular formula is C23H25BrN4O4S2. The van der Waals surface area contributed by atoms with E-state index in [2.05, 4.69) is 31.4 Å². The Morgan fingerprint density at radius 3 is 2.71 bits per heavy atom. The highest BCUT2D eigenvalue weighted by molar-refractivity contribution is 9.10. The molecule has 2 heterocycles. The standard InChI is InChI=1S/C23H25BrN4O4S2/c1-13(32-15-10-8-14(24)9-11-15)20-26-27-23(28(20)2)33-12-18(29)25-21-19(22(30)31-3)16-6-4-5-7-17(16)34-21/h8-11,13H,4-7,12H2,1-3H3,(H,25,29). The van der Waals surface area contributed by atoms with Crippen molar-refractivity contribution in [3.05, 3.63) is 50.6 Å². The average Bonchev–Trinajstić information content (AvgIpc) is 3.38. The normalized spacial score (nSPS) is 13.8. The van der Waals surface area contributed by atoms with Crippen molar-refractivity contribution in [1.82, 2.24) is 14.8 Å². The number of aryl methyl sites for hydroxylation is 1. The van der Waals surface area contributed by atoms with Crippen LogP contribution < -0.4 is 10.1 Å². The zero-order chi connectivity index (χ0) is 24.2. The number of benzene rings is 1. The van der Waals surface area contributed by atoms with Crippen LogP contribution in [0.5, 0.6) is 5.75 Å². The molecule has 0 bridgehead atoms. The summed E-state index contributed by atoms with van der Waals surface area (Å²) in [5.41, 5.74) is 1.52. The fraction of sp³-hybridized carbons (Fsp3) is 0.391. The lowest BCUT2D eigenvalue weighted by molar-refractivity contribution is -0.113. The molecule has 8 nitrogen and oxygen atoms in total. The molecule has 0 fully saturated rings. The predicted molar refractivity (Wildman–Crippen MR) is 136 cm³/mol. The molecule has 0 saturated carbocycles. The zero-order valence-corrected chi connectivity index (χ0v) is 22.3. The van der Waals surface area contributed by atoms with Crippen molar-refractivity contribution in [2.75, 3.05) is 18.2 Å². The van der Waals surface area contributed by atoms with E-state index in [0.717, 1.165) is 46.3 Å². The van der Waals surface area contributed by atoms with Gasteiger partial charge >= 0.3 is 5.97 Å². The number of thiophene rings is 1. The number of esters is 1. The minimum atomic E-state index is -0.403. The van der Waals surface area contributed by atoms with E-state index in [4.69, 9.17) is 9.47 Å². The van der Waals surface area contributed by atoms with Gasteiger partial charge in [0, 0.05) is 16.4 Å². The summed E-state index contributed by atoms with van der Waals surface area (Å²) in [4.78, 5) is 26.3. The first-order valence-electron chi connectivity index (χ1n) is 10.8. The first-order chi connectivity index (χ1) is 16.4. The molecule has 0 spiro atoms. The number of methoxy groups -OCH3 is 1. The number of carbonyl (C=O) groups excluding carboxylic acids is 2. The number of carbonyl (C=O) groups is 2. The van der Waals surface area contributed by atoms with Gasteiger partial charge < -0.3 is 19.4 Å². The summed E-state index contributed by atoms with van der Waals surface area (Å²) in [6.45, 7) is 1.90. The van der Waals surface area contributed by atoms with E-state index in [1.165, 1.54) is 30.2 Å².